The van der Waals surface area contributed by atoms with Gasteiger partial charge in [-0.1, -0.05) is 6.07 Å². The number of hydrogen-bond donors (Lipinski definition) is 1. The molecule has 5 nitrogen and oxygen atoms in total. The van der Waals surface area contributed by atoms with E-state index in [1.54, 1.807) is 7.11 Å². The fourth-order valence-electron chi connectivity index (χ4n) is 2.80. The summed E-state index contributed by atoms with van der Waals surface area (Å²) in [5, 5.41) is 9.52. The average molecular weight is 313 g/mol. The summed E-state index contributed by atoms with van der Waals surface area (Å²) in [4.78, 5) is 4.34. The molecule has 2 aromatic rings. The van der Waals surface area contributed by atoms with E-state index in [1.165, 1.54) is 0 Å². The third kappa shape index (κ3) is 3.49. The van der Waals surface area contributed by atoms with Crippen molar-refractivity contribution in [3.05, 3.63) is 42.2 Å². The Bertz CT molecular complexity index is 679. The highest BCUT2D eigenvalue weighted by Gasteiger charge is 2.30. The first-order chi connectivity index (χ1) is 11.2. The van der Waals surface area contributed by atoms with Crippen LogP contribution in [-0.2, 0) is 4.65 Å². The van der Waals surface area contributed by atoms with Gasteiger partial charge >= 0.3 is 7.12 Å². The van der Waals surface area contributed by atoms with E-state index in [1.807, 2.05) is 37.5 Å². The maximum atomic E-state index is 9.52. The van der Waals surface area contributed by atoms with Crippen LogP contribution in [-0.4, -0.2) is 37.4 Å². The van der Waals surface area contributed by atoms with Crippen molar-refractivity contribution in [2.24, 2.45) is 0 Å². The van der Waals surface area contributed by atoms with Crippen LogP contribution >= 0.6 is 0 Å². The molecule has 0 bridgehead atoms. The minimum absolute atomic E-state index is 0.182. The van der Waals surface area contributed by atoms with Gasteiger partial charge in [0, 0.05) is 30.5 Å². The van der Waals surface area contributed by atoms with Crippen LogP contribution < -0.4 is 9.47 Å². The topological polar surface area (TPSA) is 60.8 Å². The Hall–Kier alpha value is -2.05. The van der Waals surface area contributed by atoms with Gasteiger partial charge in [0.15, 0.2) is 11.5 Å². The van der Waals surface area contributed by atoms with Crippen LogP contribution in [0.1, 0.15) is 18.4 Å². The van der Waals surface area contributed by atoms with Gasteiger partial charge < -0.3 is 19.2 Å². The summed E-state index contributed by atoms with van der Waals surface area (Å²) in [7, 11) is 0.960. The zero-order valence-electron chi connectivity index (χ0n) is 13.4. The van der Waals surface area contributed by atoms with Gasteiger partial charge in [-0.15, -0.1) is 0 Å². The van der Waals surface area contributed by atoms with Gasteiger partial charge in [0.1, 0.15) is 0 Å². The molecule has 0 radical (unpaired) electrons. The first kappa shape index (κ1) is 15.8. The van der Waals surface area contributed by atoms with Crippen LogP contribution in [0.3, 0.4) is 0 Å². The molecular weight excluding hydrogens is 293 g/mol. The Morgan fingerprint density at radius 3 is 2.83 bits per heavy atom. The summed E-state index contributed by atoms with van der Waals surface area (Å²) < 4.78 is 16.2. The van der Waals surface area contributed by atoms with E-state index in [0.717, 1.165) is 22.4 Å². The van der Waals surface area contributed by atoms with E-state index < -0.39 is 7.12 Å². The number of pyridine rings is 1. The molecule has 1 saturated heterocycles. The largest absolute Gasteiger partial charge is 0.493 e. The monoisotopic (exact) mass is 313 g/mol. The molecule has 6 heteroatoms. The highest BCUT2D eigenvalue weighted by Crippen LogP contribution is 2.34. The summed E-state index contributed by atoms with van der Waals surface area (Å²) in [6, 6.07) is 7.95. The van der Waals surface area contributed by atoms with Crippen molar-refractivity contribution in [2.45, 2.75) is 19.2 Å². The molecule has 0 amide bonds. The number of rotatable bonds is 5. The fraction of sp³-hybridized carbons (Fsp3) is 0.353. The maximum Gasteiger partial charge on any atom is 0.454 e. The standard InChI is InChI=1S/C17H20BNO4/c1-3-22-16-5-4-12(7-17(16)21-2)13-6-14(10-19-9-13)15-8-18(20)23-11-15/h4-7,9-10,15,20H,3,8,11H2,1-2H3/t15-/m1/s1. The molecule has 0 saturated carbocycles. The van der Waals surface area contributed by atoms with Crippen molar-refractivity contribution in [3.8, 4) is 22.6 Å². The summed E-state index contributed by atoms with van der Waals surface area (Å²) in [5.41, 5.74) is 3.09. The Morgan fingerprint density at radius 2 is 2.13 bits per heavy atom. The summed E-state index contributed by atoms with van der Waals surface area (Å²) in [5.74, 6) is 1.62. The molecule has 2 heterocycles. The lowest BCUT2D eigenvalue weighted by Gasteiger charge is -2.13. The van der Waals surface area contributed by atoms with Crippen molar-refractivity contribution in [1.82, 2.24) is 4.98 Å². The third-order valence-electron chi connectivity index (χ3n) is 4.00. The predicted molar refractivity (Wildman–Crippen MR) is 88.9 cm³/mol. The SMILES string of the molecule is CCOc1ccc(-c2cncc([C@H]3COB(O)C3)c2)cc1OC. The van der Waals surface area contributed by atoms with Gasteiger partial charge in [0.05, 0.1) is 13.7 Å². The lowest BCUT2D eigenvalue weighted by atomic mass is 9.80. The Balaban J connectivity index is 1.89. The molecule has 0 aliphatic carbocycles. The van der Waals surface area contributed by atoms with Crippen LogP contribution in [0.4, 0.5) is 0 Å². The van der Waals surface area contributed by atoms with E-state index in [4.69, 9.17) is 14.1 Å². The van der Waals surface area contributed by atoms with Gasteiger partial charge in [-0.05, 0) is 42.6 Å². The van der Waals surface area contributed by atoms with E-state index in [-0.39, 0.29) is 5.92 Å². The first-order valence-corrected chi connectivity index (χ1v) is 7.77. The van der Waals surface area contributed by atoms with Gasteiger partial charge in [-0.2, -0.15) is 0 Å². The molecule has 0 unspecified atom stereocenters. The molecule has 120 valence electrons. The summed E-state index contributed by atoms with van der Waals surface area (Å²) in [6.07, 6.45) is 4.27. The van der Waals surface area contributed by atoms with Gasteiger partial charge in [0.2, 0.25) is 0 Å². The van der Waals surface area contributed by atoms with Crippen LogP contribution in [0.15, 0.2) is 36.7 Å². The van der Waals surface area contributed by atoms with Crippen molar-refractivity contribution in [1.29, 1.82) is 0 Å². The lowest BCUT2D eigenvalue weighted by Crippen LogP contribution is -2.07. The highest BCUT2D eigenvalue weighted by molar-refractivity contribution is 6.43. The van der Waals surface area contributed by atoms with Crippen LogP contribution in [0.25, 0.3) is 11.1 Å². The Kier molecular flexibility index (Phi) is 4.83. The normalized spacial score (nSPS) is 17.3. The van der Waals surface area contributed by atoms with E-state index in [2.05, 4.69) is 11.1 Å². The Labute approximate surface area is 136 Å². The zero-order chi connectivity index (χ0) is 16.2. The molecule has 1 atom stereocenters. The van der Waals surface area contributed by atoms with Crippen molar-refractivity contribution in [2.75, 3.05) is 20.3 Å². The van der Waals surface area contributed by atoms with E-state index >= 15 is 0 Å². The van der Waals surface area contributed by atoms with Gasteiger partial charge in [-0.25, -0.2) is 0 Å². The van der Waals surface area contributed by atoms with Crippen LogP contribution in [0.2, 0.25) is 6.32 Å². The molecule has 3 rings (SSSR count). The highest BCUT2D eigenvalue weighted by atomic mass is 16.5. The number of aromatic nitrogens is 1. The molecule has 1 aliphatic rings. The van der Waals surface area contributed by atoms with Gasteiger partial charge in [-0.3, -0.25) is 4.98 Å². The quantitative estimate of drug-likeness (QED) is 0.860. The smallest absolute Gasteiger partial charge is 0.454 e. The molecule has 1 fully saturated rings. The molecule has 1 aliphatic heterocycles. The van der Waals surface area contributed by atoms with Crippen LogP contribution in [0.5, 0.6) is 11.5 Å². The molecule has 1 aromatic carbocycles. The molecule has 0 spiro atoms. The Morgan fingerprint density at radius 1 is 1.26 bits per heavy atom. The molecule has 1 aromatic heterocycles. The zero-order valence-corrected chi connectivity index (χ0v) is 13.4. The molecular formula is C17H20BNO4. The van der Waals surface area contributed by atoms with Crippen molar-refractivity contribution in [3.63, 3.8) is 0 Å². The third-order valence-corrected chi connectivity index (χ3v) is 4.00. The summed E-state index contributed by atoms with van der Waals surface area (Å²) >= 11 is 0. The fourth-order valence-corrected chi connectivity index (χ4v) is 2.80. The lowest BCUT2D eigenvalue weighted by molar-refractivity contribution is 0.292. The number of ether oxygens (including phenoxy) is 2. The minimum Gasteiger partial charge on any atom is -0.493 e. The van der Waals surface area contributed by atoms with Crippen molar-refractivity contribution < 1.29 is 19.2 Å². The second-order valence-corrected chi connectivity index (χ2v) is 5.53. The number of benzene rings is 1. The first-order valence-electron chi connectivity index (χ1n) is 7.77. The second kappa shape index (κ2) is 7.02. The predicted octanol–water partition coefficient (Wildman–Crippen LogP) is 2.75. The number of methoxy groups -OCH3 is 1. The average Bonchev–Trinajstić information content (AvgIpc) is 3.02. The molecule has 23 heavy (non-hydrogen) atoms. The number of hydrogen-bond acceptors (Lipinski definition) is 5. The van der Waals surface area contributed by atoms with E-state index in [9.17, 15) is 5.02 Å². The van der Waals surface area contributed by atoms with Gasteiger partial charge in [0.25, 0.3) is 0 Å². The summed E-state index contributed by atoms with van der Waals surface area (Å²) in [6.45, 7) is 3.06. The van der Waals surface area contributed by atoms with E-state index in [0.29, 0.717) is 25.3 Å². The second-order valence-electron chi connectivity index (χ2n) is 5.53. The number of nitrogens with zero attached hydrogens (tertiary/aromatic N) is 1. The maximum absolute atomic E-state index is 9.52. The van der Waals surface area contributed by atoms with Crippen molar-refractivity contribution >= 4 is 7.12 Å². The van der Waals surface area contributed by atoms with Crippen LogP contribution in [0, 0.1) is 0 Å². The minimum atomic E-state index is -0.672. The molecule has 1 N–H and O–H groups in total.